The van der Waals surface area contributed by atoms with Crippen LogP contribution in [0.1, 0.15) is 106 Å². The van der Waals surface area contributed by atoms with Crippen LogP contribution in [0.2, 0.25) is 0 Å². The number of rotatable bonds is 14. The molecule has 5 heteroatoms. The number of hydrogen-bond acceptors (Lipinski definition) is 4. The fraction of sp³-hybridized carbons (Fsp3) is 0.548. The Morgan fingerprint density at radius 2 is 1.36 bits per heavy atom. The average molecular weight is 513 g/mol. The summed E-state index contributed by atoms with van der Waals surface area (Å²) in [5.74, 6) is -0.569. The molecule has 0 aliphatic rings. The van der Waals surface area contributed by atoms with Gasteiger partial charge in [-0.05, 0) is 42.4 Å². The van der Waals surface area contributed by atoms with Gasteiger partial charge in [0, 0.05) is 10.9 Å². The molecule has 0 aliphatic carbocycles. The molecule has 0 bridgehead atoms. The van der Waals surface area contributed by atoms with Crippen molar-refractivity contribution in [3.63, 3.8) is 0 Å². The summed E-state index contributed by atoms with van der Waals surface area (Å²) in [5.41, 5.74) is 2.61. The summed E-state index contributed by atoms with van der Waals surface area (Å²) < 4.78 is 19.8. The third kappa shape index (κ3) is 8.44. The highest BCUT2D eigenvalue weighted by Crippen LogP contribution is 2.49. The van der Waals surface area contributed by atoms with Crippen LogP contribution in [0.4, 0.5) is 0 Å². The molecule has 0 spiro atoms. The fourth-order valence-electron chi connectivity index (χ4n) is 4.51. The molecule has 0 aromatic heterocycles. The van der Waals surface area contributed by atoms with Crippen LogP contribution >= 0.6 is 7.14 Å². The van der Waals surface area contributed by atoms with Gasteiger partial charge in [0.2, 0.25) is 5.52 Å². The monoisotopic (exact) mass is 512 g/mol. The predicted molar refractivity (Wildman–Crippen MR) is 151 cm³/mol. The molecule has 0 saturated heterocycles. The normalized spacial score (nSPS) is 13.3. The molecule has 198 valence electrons. The quantitative estimate of drug-likeness (QED) is 0.146. The van der Waals surface area contributed by atoms with Gasteiger partial charge in [-0.15, -0.1) is 0 Å². The first-order chi connectivity index (χ1) is 17.0. The fourth-order valence-corrected chi connectivity index (χ4v) is 6.90. The van der Waals surface area contributed by atoms with Crippen molar-refractivity contribution < 1.29 is 18.9 Å². The molecule has 0 amide bonds. The smallest absolute Gasteiger partial charge is 0.314 e. The van der Waals surface area contributed by atoms with E-state index in [9.17, 15) is 14.2 Å². The van der Waals surface area contributed by atoms with Crippen LogP contribution in [0.3, 0.4) is 0 Å². The summed E-state index contributed by atoms with van der Waals surface area (Å²) in [5, 5.41) is 0.401. The maximum absolute atomic E-state index is 14.3. The molecule has 2 aromatic rings. The summed E-state index contributed by atoms with van der Waals surface area (Å²) in [7, 11) is -3.74. The first-order valence-corrected chi connectivity index (χ1v) is 15.4. The van der Waals surface area contributed by atoms with E-state index in [1.54, 1.807) is 24.3 Å². The Balaban J connectivity index is 2.14. The van der Waals surface area contributed by atoms with Gasteiger partial charge in [-0.25, -0.2) is 0 Å². The SMILES string of the molecule is CCCCCCCCCCOC(=O)CP(=O)(C(=O)c1c(C)cc(C(C)(C)C)cc1C)c1ccccc1. The molecule has 0 saturated carbocycles. The molecule has 2 aromatic carbocycles. The molecular formula is C31H45O4P. The van der Waals surface area contributed by atoms with E-state index in [0.717, 1.165) is 36.0 Å². The van der Waals surface area contributed by atoms with Gasteiger partial charge in [0.15, 0.2) is 7.14 Å². The summed E-state index contributed by atoms with van der Waals surface area (Å²) in [6.45, 7) is 12.6. The van der Waals surface area contributed by atoms with Gasteiger partial charge in [0.25, 0.3) is 0 Å². The molecule has 2 rings (SSSR count). The van der Waals surface area contributed by atoms with Gasteiger partial charge in [-0.1, -0.05) is 115 Å². The van der Waals surface area contributed by atoms with Gasteiger partial charge < -0.3 is 9.30 Å². The van der Waals surface area contributed by atoms with Crippen molar-refractivity contribution in [3.05, 3.63) is 64.7 Å². The Morgan fingerprint density at radius 1 is 0.833 bits per heavy atom. The Bertz CT molecular complexity index is 1030. The second-order valence-corrected chi connectivity index (χ2v) is 13.7. The van der Waals surface area contributed by atoms with Gasteiger partial charge in [0.1, 0.15) is 6.16 Å². The molecule has 0 radical (unpaired) electrons. The molecule has 0 heterocycles. The van der Waals surface area contributed by atoms with E-state index in [4.69, 9.17) is 4.74 Å². The minimum atomic E-state index is -3.74. The van der Waals surface area contributed by atoms with Crippen LogP contribution in [0.25, 0.3) is 0 Å². The topological polar surface area (TPSA) is 60.4 Å². The zero-order valence-electron chi connectivity index (χ0n) is 23.2. The van der Waals surface area contributed by atoms with E-state index >= 15 is 0 Å². The van der Waals surface area contributed by atoms with E-state index in [-0.39, 0.29) is 5.41 Å². The van der Waals surface area contributed by atoms with Crippen LogP contribution in [0, 0.1) is 13.8 Å². The van der Waals surface area contributed by atoms with Crippen molar-refractivity contribution in [3.8, 4) is 0 Å². The van der Waals surface area contributed by atoms with Crippen LogP contribution in [-0.2, 0) is 19.5 Å². The first kappa shape index (κ1) is 30.0. The number of benzene rings is 2. The van der Waals surface area contributed by atoms with E-state index in [2.05, 4.69) is 27.7 Å². The highest BCUT2D eigenvalue weighted by Gasteiger charge is 2.39. The molecular weight excluding hydrogens is 467 g/mol. The van der Waals surface area contributed by atoms with Crippen molar-refractivity contribution in [2.75, 3.05) is 12.8 Å². The number of carbonyl (C=O) groups excluding carboxylic acids is 2. The number of aryl methyl sites for hydroxylation is 2. The predicted octanol–water partition coefficient (Wildman–Crippen LogP) is 8.11. The average Bonchev–Trinajstić information content (AvgIpc) is 2.82. The minimum Gasteiger partial charge on any atom is -0.465 e. The van der Waals surface area contributed by atoms with Crippen LogP contribution in [0.15, 0.2) is 42.5 Å². The van der Waals surface area contributed by atoms with Crippen molar-refractivity contribution >= 4 is 23.9 Å². The number of carbonyl (C=O) groups is 2. The lowest BCUT2D eigenvalue weighted by molar-refractivity contribution is -0.140. The molecule has 0 N–H and O–H groups in total. The first-order valence-electron chi connectivity index (χ1n) is 13.5. The summed E-state index contributed by atoms with van der Waals surface area (Å²) in [6, 6.07) is 12.7. The minimum absolute atomic E-state index is 0.0699. The highest BCUT2D eigenvalue weighted by molar-refractivity contribution is 7.88. The summed E-state index contributed by atoms with van der Waals surface area (Å²) in [4.78, 5) is 26.6. The number of ether oxygens (including phenoxy) is 1. The van der Waals surface area contributed by atoms with Crippen molar-refractivity contribution in [1.29, 1.82) is 0 Å². The summed E-state index contributed by atoms with van der Waals surface area (Å²) >= 11 is 0. The molecule has 36 heavy (non-hydrogen) atoms. The lowest BCUT2D eigenvalue weighted by atomic mass is 9.84. The maximum Gasteiger partial charge on any atom is 0.314 e. The number of unbranched alkanes of at least 4 members (excludes halogenated alkanes) is 7. The van der Waals surface area contributed by atoms with E-state index in [1.165, 1.54) is 32.1 Å². The Morgan fingerprint density at radius 3 is 1.89 bits per heavy atom. The van der Waals surface area contributed by atoms with Crippen LogP contribution in [0.5, 0.6) is 0 Å². The molecule has 4 nitrogen and oxygen atoms in total. The highest BCUT2D eigenvalue weighted by atomic mass is 31.2. The maximum atomic E-state index is 14.3. The van der Waals surface area contributed by atoms with Gasteiger partial charge in [-0.3, -0.25) is 9.59 Å². The summed E-state index contributed by atoms with van der Waals surface area (Å²) in [6.07, 6.45) is 8.79. The van der Waals surface area contributed by atoms with Gasteiger partial charge in [-0.2, -0.15) is 0 Å². The number of esters is 1. The second-order valence-electron chi connectivity index (χ2n) is 11.0. The van der Waals surface area contributed by atoms with Crippen LogP contribution < -0.4 is 5.30 Å². The molecule has 0 fully saturated rings. The lowest BCUT2D eigenvalue weighted by Gasteiger charge is -2.24. The Kier molecular flexibility index (Phi) is 11.6. The zero-order chi connectivity index (χ0) is 26.8. The number of hydrogen-bond donors (Lipinski definition) is 0. The van der Waals surface area contributed by atoms with Gasteiger partial charge in [0.05, 0.1) is 6.61 Å². The Hall–Kier alpha value is -2.19. The molecule has 0 aliphatic heterocycles. The van der Waals surface area contributed by atoms with Crippen molar-refractivity contribution in [2.45, 2.75) is 98.3 Å². The molecule has 1 atom stereocenters. The van der Waals surface area contributed by atoms with Crippen LogP contribution in [-0.4, -0.2) is 24.3 Å². The van der Waals surface area contributed by atoms with E-state index in [1.807, 2.05) is 32.0 Å². The third-order valence-electron chi connectivity index (χ3n) is 6.73. The zero-order valence-corrected chi connectivity index (χ0v) is 24.1. The lowest BCUT2D eigenvalue weighted by Crippen LogP contribution is -2.23. The third-order valence-corrected chi connectivity index (χ3v) is 9.44. The second kappa shape index (κ2) is 13.9. The largest absolute Gasteiger partial charge is 0.465 e. The van der Waals surface area contributed by atoms with Crippen molar-refractivity contribution in [2.24, 2.45) is 0 Å². The standard InChI is InChI=1S/C31H45O4P/c1-7-8-9-10-11-12-13-17-20-35-28(32)23-36(34,27-18-15-14-16-19-27)30(33)29-24(2)21-26(22-25(29)3)31(4,5)6/h14-16,18-19,21-22H,7-13,17,20,23H2,1-6H3. The van der Waals surface area contributed by atoms with E-state index < -0.39 is 24.8 Å². The molecule has 1 unspecified atom stereocenters. The van der Waals surface area contributed by atoms with Gasteiger partial charge >= 0.3 is 5.97 Å². The Labute approximate surface area is 218 Å². The van der Waals surface area contributed by atoms with E-state index in [0.29, 0.717) is 17.5 Å². The van der Waals surface area contributed by atoms with Crippen molar-refractivity contribution in [1.82, 2.24) is 0 Å².